The normalized spacial score (nSPS) is 11.1. The molecule has 0 atom stereocenters. The number of nitrogens with one attached hydrogen (secondary N) is 1. The van der Waals surface area contributed by atoms with Crippen LogP contribution in [0.25, 0.3) is 6.08 Å². The average Bonchev–Trinajstić information content (AvgIpc) is 2.56. The van der Waals surface area contributed by atoms with Crippen molar-refractivity contribution in [3.05, 3.63) is 64.7 Å². The number of ether oxygens (including phenoxy) is 1. The Hall–Kier alpha value is -3.06. The molecule has 128 valence electrons. The molecule has 0 aliphatic heterocycles. The molecule has 4 nitrogen and oxygen atoms in total. The van der Waals surface area contributed by atoms with Gasteiger partial charge in [-0.25, -0.2) is 0 Å². The predicted octanol–water partition coefficient (Wildman–Crippen LogP) is 4.64. The minimum atomic E-state index is -0.436. The number of para-hydroxylation sites is 1. The number of rotatable bonds is 5. The lowest BCUT2D eigenvalue weighted by Crippen LogP contribution is -2.14. The van der Waals surface area contributed by atoms with Crippen LogP contribution in [0.5, 0.6) is 5.75 Å². The summed E-state index contributed by atoms with van der Waals surface area (Å²) >= 11 is 0. The van der Waals surface area contributed by atoms with Crippen LogP contribution in [0, 0.1) is 25.2 Å². The number of carbonyl (C=O) groups is 1. The molecule has 1 N–H and O–H groups in total. The first-order valence-corrected chi connectivity index (χ1v) is 8.16. The van der Waals surface area contributed by atoms with Gasteiger partial charge in [0.15, 0.2) is 0 Å². The smallest absolute Gasteiger partial charge is 0.266 e. The van der Waals surface area contributed by atoms with Gasteiger partial charge in [0.05, 0.1) is 6.10 Å². The van der Waals surface area contributed by atoms with Crippen molar-refractivity contribution in [3.63, 3.8) is 0 Å². The SMILES string of the molecule is Cc1ccc(NC(=O)/C(C#N)=C/c2ccccc2OC(C)C)c(C)c1. The molecule has 0 fully saturated rings. The quantitative estimate of drug-likeness (QED) is 0.640. The van der Waals surface area contributed by atoms with E-state index in [4.69, 9.17) is 4.74 Å². The molecule has 4 heteroatoms. The van der Waals surface area contributed by atoms with E-state index in [1.165, 1.54) is 0 Å². The van der Waals surface area contributed by atoms with Crippen LogP contribution < -0.4 is 10.1 Å². The summed E-state index contributed by atoms with van der Waals surface area (Å²) in [5.74, 6) is 0.207. The van der Waals surface area contributed by atoms with Gasteiger partial charge in [-0.15, -0.1) is 0 Å². The first-order valence-electron chi connectivity index (χ1n) is 8.16. The summed E-state index contributed by atoms with van der Waals surface area (Å²) in [7, 11) is 0. The Morgan fingerprint density at radius 1 is 1.20 bits per heavy atom. The van der Waals surface area contributed by atoms with Crippen LogP contribution >= 0.6 is 0 Å². The van der Waals surface area contributed by atoms with Gasteiger partial charge in [-0.05, 0) is 51.5 Å². The van der Waals surface area contributed by atoms with E-state index >= 15 is 0 Å². The number of hydrogen-bond acceptors (Lipinski definition) is 3. The maximum Gasteiger partial charge on any atom is 0.266 e. The third kappa shape index (κ3) is 4.95. The van der Waals surface area contributed by atoms with E-state index in [1.807, 2.05) is 76.2 Å². The summed E-state index contributed by atoms with van der Waals surface area (Å²) in [5, 5.41) is 12.2. The highest BCUT2D eigenvalue weighted by atomic mass is 16.5. The molecule has 0 aliphatic rings. The van der Waals surface area contributed by atoms with E-state index in [9.17, 15) is 10.1 Å². The van der Waals surface area contributed by atoms with Crippen LogP contribution in [0.3, 0.4) is 0 Å². The Morgan fingerprint density at radius 3 is 2.56 bits per heavy atom. The van der Waals surface area contributed by atoms with Crippen LogP contribution in [0.4, 0.5) is 5.69 Å². The van der Waals surface area contributed by atoms with Crippen LogP contribution in [0.15, 0.2) is 48.0 Å². The third-order valence-electron chi connectivity index (χ3n) is 3.58. The minimum Gasteiger partial charge on any atom is -0.490 e. The van der Waals surface area contributed by atoms with Crippen LogP contribution in [0.1, 0.15) is 30.5 Å². The molecule has 25 heavy (non-hydrogen) atoms. The molecule has 2 aromatic carbocycles. The van der Waals surface area contributed by atoms with Gasteiger partial charge in [-0.3, -0.25) is 4.79 Å². The first-order chi connectivity index (χ1) is 11.9. The Kier molecular flexibility index (Phi) is 5.97. The average molecular weight is 334 g/mol. The van der Waals surface area contributed by atoms with Gasteiger partial charge in [0, 0.05) is 11.3 Å². The van der Waals surface area contributed by atoms with Crippen molar-refractivity contribution in [3.8, 4) is 11.8 Å². The number of hydrogen-bond donors (Lipinski definition) is 1. The molecule has 0 radical (unpaired) electrons. The molecular formula is C21H22N2O2. The van der Waals surface area contributed by atoms with Crippen LogP contribution in [-0.4, -0.2) is 12.0 Å². The van der Waals surface area contributed by atoms with E-state index in [2.05, 4.69) is 5.32 Å². The zero-order chi connectivity index (χ0) is 18.4. The molecule has 0 unspecified atom stereocenters. The minimum absolute atomic E-state index is 0.00382. The van der Waals surface area contributed by atoms with Crippen molar-refractivity contribution in [1.29, 1.82) is 5.26 Å². The molecule has 0 bridgehead atoms. The summed E-state index contributed by atoms with van der Waals surface area (Å²) in [6.45, 7) is 7.77. The van der Waals surface area contributed by atoms with Crippen molar-refractivity contribution in [2.75, 3.05) is 5.32 Å². The van der Waals surface area contributed by atoms with Crippen molar-refractivity contribution < 1.29 is 9.53 Å². The topological polar surface area (TPSA) is 62.1 Å². The van der Waals surface area contributed by atoms with Crippen LogP contribution in [-0.2, 0) is 4.79 Å². The molecule has 1 amide bonds. The summed E-state index contributed by atoms with van der Waals surface area (Å²) in [6.07, 6.45) is 1.56. The maximum atomic E-state index is 12.5. The fraction of sp³-hybridized carbons (Fsp3) is 0.238. The number of benzene rings is 2. The number of nitriles is 1. The highest BCUT2D eigenvalue weighted by molar-refractivity contribution is 6.10. The Morgan fingerprint density at radius 2 is 1.92 bits per heavy atom. The fourth-order valence-electron chi connectivity index (χ4n) is 2.41. The monoisotopic (exact) mass is 334 g/mol. The maximum absolute atomic E-state index is 12.5. The van der Waals surface area contributed by atoms with E-state index in [0.29, 0.717) is 17.0 Å². The second-order valence-corrected chi connectivity index (χ2v) is 6.15. The highest BCUT2D eigenvalue weighted by Crippen LogP contribution is 2.23. The van der Waals surface area contributed by atoms with Crippen LogP contribution in [0.2, 0.25) is 0 Å². The lowest BCUT2D eigenvalue weighted by Gasteiger charge is -2.12. The van der Waals surface area contributed by atoms with Gasteiger partial charge < -0.3 is 10.1 Å². The van der Waals surface area contributed by atoms with E-state index < -0.39 is 5.91 Å². The van der Waals surface area contributed by atoms with Gasteiger partial charge >= 0.3 is 0 Å². The van der Waals surface area contributed by atoms with Crippen molar-refractivity contribution in [2.24, 2.45) is 0 Å². The van der Waals surface area contributed by atoms with Gasteiger partial charge in [0.2, 0.25) is 0 Å². The van der Waals surface area contributed by atoms with E-state index in [0.717, 1.165) is 11.1 Å². The molecule has 0 spiro atoms. The fourth-order valence-corrected chi connectivity index (χ4v) is 2.41. The zero-order valence-corrected chi connectivity index (χ0v) is 15.0. The molecule has 0 heterocycles. The largest absolute Gasteiger partial charge is 0.490 e. The summed E-state index contributed by atoms with van der Waals surface area (Å²) in [4.78, 5) is 12.5. The van der Waals surface area contributed by atoms with E-state index in [1.54, 1.807) is 6.08 Å². The standard InChI is InChI=1S/C21H22N2O2/c1-14(2)25-20-8-6-5-7-17(20)12-18(13-22)21(24)23-19-10-9-15(3)11-16(19)4/h5-12,14H,1-4H3,(H,23,24)/b18-12+. The molecule has 0 saturated heterocycles. The first kappa shape index (κ1) is 18.3. The number of anilines is 1. The lowest BCUT2D eigenvalue weighted by atomic mass is 10.1. The Labute approximate surface area is 148 Å². The van der Waals surface area contributed by atoms with Gasteiger partial charge in [-0.2, -0.15) is 5.26 Å². The van der Waals surface area contributed by atoms with Crippen molar-refractivity contribution in [1.82, 2.24) is 0 Å². The molecule has 0 aromatic heterocycles. The van der Waals surface area contributed by atoms with Gasteiger partial charge in [0.25, 0.3) is 5.91 Å². The summed E-state index contributed by atoms with van der Waals surface area (Å²) < 4.78 is 5.74. The van der Waals surface area contributed by atoms with Gasteiger partial charge in [-0.1, -0.05) is 35.9 Å². The second-order valence-electron chi connectivity index (χ2n) is 6.15. The molecule has 2 rings (SSSR count). The van der Waals surface area contributed by atoms with Crippen molar-refractivity contribution in [2.45, 2.75) is 33.8 Å². The number of aryl methyl sites for hydroxylation is 2. The number of amides is 1. The zero-order valence-electron chi connectivity index (χ0n) is 15.0. The van der Waals surface area contributed by atoms with Gasteiger partial charge in [0.1, 0.15) is 17.4 Å². The third-order valence-corrected chi connectivity index (χ3v) is 3.58. The Bertz CT molecular complexity index is 845. The molecular weight excluding hydrogens is 312 g/mol. The number of nitrogens with zero attached hydrogens (tertiary/aromatic N) is 1. The highest BCUT2D eigenvalue weighted by Gasteiger charge is 2.12. The predicted molar refractivity (Wildman–Crippen MR) is 100 cm³/mol. The molecule has 0 saturated carbocycles. The van der Waals surface area contributed by atoms with E-state index in [-0.39, 0.29) is 11.7 Å². The molecule has 2 aromatic rings. The lowest BCUT2D eigenvalue weighted by molar-refractivity contribution is -0.112. The number of carbonyl (C=O) groups excluding carboxylic acids is 1. The molecule has 0 aliphatic carbocycles. The van der Waals surface area contributed by atoms with Crippen molar-refractivity contribution >= 4 is 17.7 Å². The summed E-state index contributed by atoms with van der Waals surface area (Å²) in [6, 6.07) is 15.1. The second kappa shape index (κ2) is 8.16. The summed E-state index contributed by atoms with van der Waals surface area (Å²) in [5.41, 5.74) is 3.49. The Balaban J connectivity index is 2.28.